The minimum absolute atomic E-state index is 0.201. The lowest BCUT2D eigenvalue weighted by Crippen LogP contribution is -2.12. The normalized spacial score (nSPS) is 10.8. The molecular weight excluding hydrogens is 445 g/mol. The summed E-state index contributed by atoms with van der Waals surface area (Å²) in [5.74, 6) is 0.475. The monoisotopic (exact) mass is 465 g/mol. The Kier molecular flexibility index (Phi) is 6.49. The molecule has 7 heteroatoms. The van der Waals surface area contributed by atoms with Crippen LogP contribution in [0.4, 0.5) is 5.69 Å². The standard InChI is InChI=1S/C25H21Cl2N3O2/c1-16-24(27)17(2)30(29-16)22-10-8-21(9-11-22)28-25(31)19-6-12-23(13-7-19)32-15-18-4-3-5-20(26)14-18/h3-14H,15H2,1-2H3,(H,28,31). The van der Waals surface area contributed by atoms with E-state index in [1.165, 1.54) is 0 Å². The minimum atomic E-state index is -0.201. The van der Waals surface area contributed by atoms with Gasteiger partial charge in [-0.15, -0.1) is 0 Å². The van der Waals surface area contributed by atoms with Crippen LogP contribution >= 0.6 is 23.2 Å². The molecule has 0 aliphatic heterocycles. The minimum Gasteiger partial charge on any atom is -0.489 e. The fraction of sp³-hybridized carbons (Fsp3) is 0.120. The van der Waals surface area contributed by atoms with Crippen LogP contribution in [0.1, 0.15) is 27.3 Å². The Morgan fingerprint density at radius 1 is 1.00 bits per heavy atom. The number of aryl methyl sites for hydroxylation is 1. The Morgan fingerprint density at radius 3 is 2.34 bits per heavy atom. The summed E-state index contributed by atoms with van der Waals surface area (Å²) in [5, 5.41) is 8.67. The molecule has 1 amide bonds. The third-order valence-electron chi connectivity index (χ3n) is 4.98. The molecule has 0 aliphatic carbocycles. The van der Waals surface area contributed by atoms with Crippen molar-refractivity contribution in [3.63, 3.8) is 0 Å². The van der Waals surface area contributed by atoms with E-state index in [-0.39, 0.29) is 5.91 Å². The van der Waals surface area contributed by atoms with E-state index in [9.17, 15) is 4.79 Å². The first kappa shape index (κ1) is 21.9. The SMILES string of the molecule is Cc1nn(-c2ccc(NC(=O)c3ccc(OCc4cccc(Cl)c4)cc3)cc2)c(C)c1Cl. The summed E-state index contributed by atoms with van der Waals surface area (Å²) in [4.78, 5) is 12.6. The van der Waals surface area contributed by atoms with Gasteiger partial charge >= 0.3 is 0 Å². The second-order valence-corrected chi connectivity index (χ2v) is 8.15. The maximum Gasteiger partial charge on any atom is 0.255 e. The van der Waals surface area contributed by atoms with Crippen LogP contribution in [0.15, 0.2) is 72.8 Å². The van der Waals surface area contributed by atoms with Crippen LogP contribution in [0.3, 0.4) is 0 Å². The predicted octanol–water partition coefficient (Wildman–Crippen LogP) is 6.63. The van der Waals surface area contributed by atoms with Crippen LogP contribution in [0.5, 0.6) is 5.75 Å². The van der Waals surface area contributed by atoms with Crippen molar-refractivity contribution >= 4 is 34.8 Å². The number of amides is 1. The number of carbonyl (C=O) groups excluding carboxylic acids is 1. The second kappa shape index (κ2) is 9.47. The average molecular weight is 466 g/mol. The zero-order valence-electron chi connectivity index (χ0n) is 17.6. The first-order valence-electron chi connectivity index (χ1n) is 10.0. The fourth-order valence-corrected chi connectivity index (χ4v) is 3.59. The first-order valence-corrected chi connectivity index (χ1v) is 10.8. The van der Waals surface area contributed by atoms with E-state index in [0.717, 1.165) is 22.6 Å². The number of nitrogens with zero attached hydrogens (tertiary/aromatic N) is 2. The lowest BCUT2D eigenvalue weighted by Gasteiger charge is -2.09. The Bertz CT molecular complexity index is 1250. The molecule has 162 valence electrons. The number of hydrogen-bond donors (Lipinski definition) is 1. The van der Waals surface area contributed by atoms with Gasteiger partial charge in [0.1, 0.15) is 12.4 Å². The Hall–Kier alpha value is -3.28. The number of hydrogen-bond acceptors (Lipinski definition) is 3. The lowest BCUT2D eigenvalue weighted by atomic mass is 10.2. The highest BCUT2D eigenvalue weighted by molar-refractivity contribution is 6.31. The van der Waals surface area contributed by atoms with Gasteiger partial charge in [0.25, 0.3) is 5.91 Å². The summed E-state index contributed by atoms with van der Waals surface area (Å²) in [5.41, 5.74) is 4.73. The number of anilines is 1. The Labute approximate surface area is 196 Å². The number of halogens is 2. The zero-order chi connectivity index (χ0) is 22.7. The maximum absolute atomic E-state index is 12.6. The summed E-state index contributed by atoms with van der Waals surface area (Å²) in [6.45, 7) is 4.19. The molecule has 32 heavy (non-hydrogen) atoms. The van der Waals surface area contributed by atoms with Crippen molar-refractivity contribution in [3.8, 4) is 11.4 Å². The predicted molar refractivity (Wildman–Crippen MR) is 128 cm³/mol. The van der Waals surface area contributed by atoms with Crippen molar-refractivity contribution in [1.82, 2.24) is 9.78 Å². The highest BCUT2D eigenvalue weighted by Gasteiger charge is 2.11. The van der Waals surface area contributed by atoms with Gasteiger partial charge in [0, 0.05) is 16.3 Å². The van der Waals surface area contributed by atoms with Crippen LogP contribution in [-0.2, 0) is 6.61 Å². The molecule has 4 rings (SSSR count). The molecule has 0 saturated heterocycles. The van der Waals surface area contributed by atoms with E-state index in [1.54, 1.807) is 28.9 Å². The van der Waals surface area contributed by atoms with Gasteiger partial charge < -0.3 is 10.1 Å². The van der Waals surface area contributed by atoms with Gasteiger partial charge in [-0.05, 0) is 80.1 Å². The van der Waals surface area contributed by atoms with E-state index < -0.39 is 0 Å². The van der Waals surface area contributed by atoms with E-state index in [1.807, 2.05) is 62.4 Å². The van der Waals surface area contributed by atoms with Gasteiger partial charge in [-0.25, -0.2) is 4.68 Å². The van der Waals surface area contributed by atoms with E-state index >= 15 is 0 Å². The summed E-state index contributed by atoms with van der Waals surface area (Å²) >= 11 is 12.2. The maximum atomic E-state index is 12.6. The lowest BCUT2D eigenvalue weighted by molar-refractivity contribution is 0.102. The molecule has 3 aromatic carbocycles. The van der Waals surface area contributed by atoms with Gasteiger partial charge in [-0.1, -0.05) is 35.3 Å². The van der Waals surface area contributed by atoms with E-state index in [0.29, 0.717) is 33.7 Å². The number of rotatable bonds is 6. The van der Waals surface area contributed by atoms with Crippen molar-refractivity contribution in [2.75, 3.05) is 5.32 Å². The molecule has 0 unspecified atom stereocenters. The molecule has 0 aliphatic rings. The number of aromatic nitrogens is 2. The van der Waals surface area contributed by atoms with E-state index in [4.69, 9.17) is 27.9 Å². The quantitative estimate of drug-likeness (QED) is 0.347. The summed E-state index contributed by atoms with van der Waals surface area (Å²) in [6.07, 6.45) is 0. The smallest absolute Gasteiger partial charge is 0.255 e. The molecule has 0 fully saturated rings. The molecule has 1 heterocycles. The van der Waals surface area contributed by atoms with Crippen LogP contribution in [-0.4, -0.2) is 15.7 Å². The fourth-order valence-electron chi connectivity index (χ4n) is 3.26. The van der Waals surface area contributed by atoms with Crippen molar-refractivity contribution in [2.45, 2.75) is 20.5 Å². The Balaban J connectivity index is 1.37. The van der Waals surface area contributed by atoms with Gasteiger partial charge in [-0.3, -0.25) is 4.79 Å². The van der Waals surface area contributed by atoms with Gasteiger partial charge in [-0.2, -0.15) is 5.10 Å². The summed E-state index contributed by atoms with van der Waals surface area (Å²) in [7, 11) is 0. The average Bonchev–Trinajstić information content (AvgIpc) is 3.06. The zero-order valence-corrected chi connectivity index (χ0v) is 19.1. The number of benzene rings is 3. The number of nitrogens with one attached hydrogen (secondary N) is 1. The Morgan fingerprint density at radius 2 is 1.72 bits per heavy atom. The van der Waals surface area contributed by atoms with Crippen molar-refractivity contribution in [3.05, 3.63) is 105 Å². The molecule has 4 aromatic rings. The van der Waals surface area contributed by atoms with Crippen molar-refractivity contribution < 1.29 is 9.53 Å². The van der Waals surface area contributed by atoms with Crippen molar-refractivity contribution in [2.24, 2.45) is 0 Å². The number of carbonyl (C=O) groups is 1. The van der Waals surface area contributed by atoms with Crippen LogP contribution in [0.2, 0.25) is 10.0 Å². The molecule has 0 spiro atoms. The second-order valence-electron chi connectivity index (χ2n) is 7.34. The largest absolute Gasteiger partial charge is 0.489 e. The molecule has 1 N–H and O–H groups in total. The third kappa shape index (κ3) is 4.96. The van der Waals surface area contributed by atoms with E-state index in [2.05, 4.69) is 10.4 Å². The summed E-state index contributed by atoms with van der Waals surface area (Å²) in [6, 6.07) is 22.0. The molecule has 0 radical (unpaired) electrons. The van der Waals surface area contributed by atoms with Crippen LogP contribution < -0.4 is 10.1 Å². The highest BCUT2D eigenvalue weighted by atomic mass is 35.5. The molecule has 0 bridgehead atoms. The van der Waals surface area contributed by atoms with Crippen LogP contribution in [0, 0.1) is 13.8 Å². The molecule has 1 aromatic heterocycles. The van der Waals surface area contributed by atoms with Crippen molar-refractivity contribution in [1.29, 1.82) is 0 Å². The molecular formula is C25H21Cl2N3O2. The number of ether oxygens (including phenoxy) is 1. The molecule has 0 atom stereocenters. The van der Waals surface area contributed by atoms with Gasteiger partial charge in [0.05, 0.1) is 22.1 Å². The molecule has 0 saturated carbocycles. The van der Waals surface area contributed by atoms with Crippen LogP contribution in [0.25, 0.3) is 5.69 Å². The topological polar surface area (TPSA) is 56.2 Å². The first-order chi connectivity index (χ1) is 15.4. The highest BCUT2D eigenvalue weighted by Crippen LogP contribution is 2.23. The third-order valence-corrected chi connectivity index (χ3v) is 5.77. The molecule has 5 nitrogen and oxygen atoms in total. The summed E-state index contributed by atoms with van der Waals surface area (Å²) < 4.78 is 7.55. The van der Waals surface area contributed by atoms with Gasteiger partial charge in [0.2, 0.25) is 0 Å². The van der Waals surface area contributed by atoms with Gasteiger partial charge in [0.15, 0.2) is 0 Å².